The van der Waals surface area contributed by atoms with Crippen LogP contribution in [0.5, 0.6) is 11.5 Å². The molecule has 1 atom stereocenters. The van der Waals surface area contributed by atoms with Crippen LogP contribution in [-0.4, -0.2) is 36.0 Å². The van der Waals surface area contributed by atoms with Crippen molar-refractivity contribution in [2.75, 3.05) is 11.4 Å². The molecule has 0 heterocycles. The molecule has 0 bridgehead atoms. The predicted molar refractivity (Wildman–Crippen MR) is 131 cm³/mol. The number of nitrogens with zero attached hydrogens (tertiary/aromatic N) is 1. The largest absolute Gasteiger partial charge is 0.460 e. The first-order chi connectivity index (χ1) is 18.8. The maximum Gasteiger partial charge on any atom is 0.460 e. The fraction of sp³-hybridized carbons (Fsp3) is 0.357. The smallest absolute Gasteiger partial charge is 0.457 e. The minimum absolute atomic E-state index is 0.0172. The van der Waals surface area contributed by atoms with Crippen LogP contribution >= 0.6 is 0 Å². The molecule has 1 N–H and O–H groups in total. The molecule has 0 saturated carbocycles. The zero-order valence-electron chi connectivity index (χ0n) is 21.6. The third kappa shape index (κ3) is 7.43. The molecule has 3 nitrogen and oxygen atoms in total. The van der Waals surface area contributed by atoms with Crippen molar-refractivity contribution in [2.24, 2.45) is 0 Å². The van der Waals surface area contributed by atoms with Gasteiger partial charge in [0.05, 0.1) is 6.54 Å². The summed E-state index contributed by atoms with van der Waals surface area (Å²) in [6.07, 6.45) is -14.5. The summed E-state index contributed by atoms with van der Waals surface area (Å²) in [4.78, 5) is 0.911. The van der Waals surface area contributed by atoms with E-state index in [1.54, 1.807) is 18.2 Å². The molecular weight excluding hydrogens is 572 g/mol. The molecule has 0 fully saturated rings. The topological polar surface area (TPSA) is 32.7 Å². The van der Waals surface area contributed by atoms with Crippen molar-refractivity contribution in [1.82, 2.24) is 0 Å². The number of aliphatic hydroxyl groups excluding tert-OH is 1. The molecule has 0 spiro atoms. The van der Waals surface area contributed by atoms with Gasteiger partial charge in [0.2, 0.25) is 0 Å². The van der Waals surface area contributed by atoms with E-state index < -0.39 is 49.0 Å². The van der Waals surface area contributed by atoms with E-state index in [4.69, 9.17) is 4.74 Å². The van der Waals surface area contributed by atoms with Gasteiger partial charge in [-0.2, -0.15) is 43.9 Å². The average Bonchev–Trinajstić information content (AvgIpc) is 2.87. The molecule has 3 aromatic rings. The van der Waals surface area contributed by atoms with Gasteiger partial charge in [-0.1, -0.05) is 50.2 Å². The van der Waals surface area contributed by atoms with Crippen LogP contribution in [0.15, 0.2) is 72.8 Å². The molecule has 0 amide bonds. The highest BCUT2D eigenvalue weighted by atomic mass is 19.4. The Labute approximate surface area is 229 Å². The highest BCUT2D eigenvalue weighted by molar-refractivity contribution is 5.52. The lowest BCUT2D eigenvalue weighted by molar-refractivity contribution is -0.359. The minimum atomic E-state index is -6.56. The Morgan fingerprint density at radius 1 is 0.756 bits per heavy atom. The van der Waals surface area contributed by atoms with Gasteiger partial charge in [-0.3, -0.25) is 0 Å². The van der Waals surface area contributed by atoms with Gasteiger partial charge >= 0.3 is 24.2 Å². The first kappa shape index (κ1) is 32.0. The van der Waals surface area contributed by atoms with E-state index in [0.717, 1.165) is 22.6 Å². The van der Waals surface area contributed by atoms with E-state index in [-0.39, 0.29) is 22.9 Å². The second kappa shape index (κ2) is 11.8. The van der Waals surface area contributed by atoms with Crippen molar-refractivity contribution in [3.63, 3.8) is 0 Å². The molecule has 0 aromatic heterocycles. The number of rotatable bonds is 10. The Kier molecular flexibility index (Phi) is 9.21. The highest BCUT2D eigenvalue weighted by Crippen LogP contribution is 2.51. The van der Waals surface area contributed by atoms with Crippen LogP contribution in [0, 0.1) is 0 Å². The van der Waals surface area contributed by atoms with E-state index in [0.29, 0.717) is 17.9 Å². The van der Waals surface area contributed by atoms with Crippen LogP contribution in [0.3, 0.4) is 0 Å². The van der Waals surface area contributed by atoms with Crippen LogP contribution in [-0.2, 0) is 12.5 Å². The lowest BCUT2D eigenvalue weighted by Gasteiger charge is -2.30. The molecule has 0 aliphatic carbocycles. The van der Waals surface area contributed by atoms with Gasteiger partial charge in [0, 0.05) is 23.9 Å². The summed E-state index contributed by atoms with van der Waals surface area (Å²) in [5.41, 5.74) is -1.04. The van der Waals surface area contributed by atoms with Gasteiger partial charge in [-0.25, -0.2) is 0 Å². The number of anilines is 1. The molecule has 0 radical (unpaired) electrons. The maximum atomic E-state index is 14.3. The predicted octanol–water partition coefficient (Wildman–Crippen LogP) is 8.82. The van der Waals surface area contributed by atoms with Crippen molar-refractivity contribution in [3.05, 3.63) is 89.5 Å². The Bertz CT molecular complexity index is 1320. The summed E-state index contributed by atoms with van der Waals surface area (Å²) in [5, 5.41) is 9.72. The lowest BCUT2D eigenvalue weighted by Crippen LogP contribution is -2.50. The third-order valence-electron chi connectivity index (χ3n) is 6.13. The van der Waals surface area contributed by atoms with Crippen LogP contribution < -0.4 is 9.64 Å². The molecule has 0 saturated heterocycles. The summed E-state index contributed by atoms with van der Waals surface area (Å²) >= 11 is 0. The Balaban J connectivity index is 1.97. The number of benzene rings is 3. The van der Waals surface area contributed by atoms with Crippen molar-refractivity contribution in [2.45, 2.75) is 56.6 Å². The third-order valence-corrected chi connectivity index (χ3v) is 6.13. The number of halogens is 10. The normalized spacial score (nSPS) is 13.8. The number of hydrogen-bond donors (Lipinski definition) is 1. The molecular formula is C28H25F10NO2. The average molecular weight is 597 g/mol. The SMILES string of the molecule is CC(C)c1cccc(Oc2cccc(N(Cc3cccc(C(F)(F)C(F)(F)C(F)(F)F)c3)C[C@@H](O)C(F)(F)F)c2)c1. The molecule has 13 heteroatoms. The Hall–Kier alpha value is -3.48. The van der Waals surface area contributed by atoms with E-state index in [1.165, 1.54) is 24.3 Å². The lowest BCUT2D eigenvalue weighted by atomic mass is 9.99. The molecule has 3 rings (SSSR count). The molecule has 0 unspecified atom stereocenters. The van der Waals surface area contributed by atoms with E-state index >= 15 is 0 Å². The number of ether oxygens (including phenoxy) is 1. The maximum absolute atomic E-state index is 14.3. The number of aliphatic hydroxyl groups is 1. The first-order valence-corrected chi connectivity index (χ1v) is 12.1. The second-order valence-electron chi connectivity index (χ2n) is 9.61. The van der Waals surface area contributed by atoms with E-state index in [9.17, 15) is 49.0 Å². The van der Waals surface area contributed by atoms with Crippen LogP contribution in [0.1, 0.15) is 36.5 Å². The summed E-state index contributed by atoms with van der Waals surface area (Å²) in [6, 6.07) is 15.1. The first-order valence-electron chi connectivity index (χ1n) is 12.1. The summed E-state index contributed by atoms with van der Waals surface area (Å²) in [7, 11) is 0. The van der Waals surface area contributed by atoms with Gasteiger partial charge in [0.15, 0.2) is 6.10 Å². The van der Waals surface area contributed by atoms with Crippen molar-refractivity contribution < 1.29 is 53.7 Å². The van der Waals surface area contributed by atoms with Gasteiger partial charge in [0.1, 0.15) is 11.5 Å². The highest BCUT2D eigenvalue weighted by Gasteiger charge is 2.73. The Morgan fingerprint density at radius 2 is 1.34 bits per heavy atom. The van der Waals surface area contributed by atoms with Crippen molar-refractivity contribution >= 4 is 5.69 Å². The minimum Gasteiger partial charge on any atom is -0.457 e. The van der Waals surface area contributed by atoms with Crippen LogP contribution in [0.4, 0.5) is 49.6 Å². The fourth-order valence-electron chi connectivity index (χ4n) is 3.84. The Morgan fingerprint density at radius 3 is 1.93 bits per heavy atom. The van der Waals surface area contributed by atoms with Gasteiger partial charge < -0.3 is 14.7 Å². The summed E-state index contributed by atoms with van der Waals surface area (Å²) in [5.74, 6) is -11.3. The van der Waals surface area contributed by atoms with Gasteiger partial charge in [-0.15, -0.1) is 0 Å². The zero-order chi connectivity index (χ0) is 30.8. The quantitative estimate of drug-likeness (QED) is 0.237. The zero-order valence-corrected chi connectivity index (χ0v) is 21.6. The van der Waals surface area contributed by atoms with Crippen molar-refractivity contribution in [1.29, 1.82) is 0 Å². The number of alkyl halides is 10. The summed E-state index contributed by atoms with van der Waals surface area (Å²) < 4.78 is 139. The van der Waals surface area contributed by atoms with Gasteiger partial charge in [0.25, 0.3) is 0 Å². The van der Waals surface area contributed by atoms with Gasteiger partial charge in [-0.05, 0) is 47.4 Å². The standard InChI is InChI=1S/C28H25F10NO2/c1-17(2)19-7-4-10-22(13-19)41-23-11-5-9-21(14-23)39(16-24(40)26(31,32)33)15-18-6-3-8-20(12-18)25(29,30)27(34,35)28(36,37)38/h3-14,17,24,40H,15-16H2,1-2H3/t24-/m1/s1. The van der Waals surface area contributed by atoms with Crippen LogP contribution in [0.25, 0.3) is 0 Å². The van der Waals surface area contributed by atoms with E-state index in [1.807, 2.05) is 19.9 Å². The molecule has 0 aliphatic rings. The van der Waals surface area contributed by atoms with Crippen molar-refractivity contribution in [3.8, 4) is 11.5 Å². The monoisotopic (exact) mass is 597 g/mol. The second-order valence-corrected chi connectivity index (χ2v) is 9.61. The van der Waals surface area contributed by atoms with Crippen LogP contribution in [0.2, 0.25) is 0 Å². The molecule has 3 aromatic carbocycles. The molecule has 41 heavy (non-hydrogen) atoms. The molecule has 0 aliphatic heterocycles. The molecule has 224 valence electrons. The fourth-order valence-corrected chi connectivity index (χ4v) is 3.84. The summed E-state index contributed by atoms with van der Waals surface area (Å²) in [6.45, 7) is 2.13. The van der Waals surface area contributed by atoms with E-state index in [2.05, 4.69) is 0 Å². The number of hydrogen-bond acceptors (Lipinski definition) is 3.